The van der Waals surface area contributed by atoms with E-state index in [1.807, 2.05) is 42.5 Å². The van der Waals surface area contributed by atoms with Crippen LogP contribution < -0.4 is 0 Å². The number of aromatic nitrogens is 3. The van der Waals surface area contributed by atoms with Gasteiger partial charge in [0.1, 0.15) is 11.5 Å². The van der Waals surface area contributed by atoms with E-state index in [9.17, 15) is 9.59 Å². The fourth-order valence-electron chi connectivity index (χ4n) is 5.03. The summed E-state index contributed by atoms with van der Waals surface area (Å²) in [7, 11) is 3.51. The molecule has 164 valence electrons. The van der Waals surface area contributed by atoms with E-state index in [0.717, 1.165) is 35.5 Å². The number of amides is 2. The molecule has 1 saturated heterocycles. The average Bonchev–Trinajstić information content (AvgIpc) is 3.30. The predicted molar refractivity (Wildman–Crippen MR) is 121 cm³/mol. The van der Waals surface area contributed by atoms with Gasteiger partial charge in [0.05, 0.1) is 18.2 Å². The second kappa shape index (κ2) is 8.22. The molecule has 2 bridgehead atoms. The lowest BCUT2D eigenvalue weighted by molar-refractivity contribution is -0.133. The van der Waals surface area contributed by atoms with Gasteiger partial charge in [0.2, 0.25) is 5.91 Å². The Balaban J connectivity index is 1.53. The second-order valence-electron chi connectivity index (χ2n) is 8.84. The Morgan fingerprint density at radius 3 is 2.56 bits per heavy atom. The average molecular weight is 430 g/mol. The van der Waals surface area contributed by atoms with Gasteiger partial charge in [-0.1, -0.05) is 36.4 Å². The molecule has 32 heavy (non-hydrogen) atoms. The van der Waals surface area contributed by atoms with Crippen LogP contribution in [0.15, 0.2) is 54.9 Å². The SMILES string of the molecule is CN(C)C(=O)c1nc(-c2ccccc2)n2c1CC1CCC(C2)N1C(=O)Cc1cccnc1. The molecular weight excluding hydrogens is 402 g/mol. The Labute approximate surface area is 187 Å². The summed E-state index contributed by atoms with van der Waals surface area (Å²) >= 11 is 0. The predicted octanol–water partition coefficient (Wildman–Crippen LogP) is 2.81. The highest BCUT2D eigenvalue weighted by Gasteiger charge is 2.42. The summed E-state index contributed by atoms with van der Waals surface area (Å²) in [5.74, 6) is 0.839. The van der Waals surface area contributed by atoms with Crippen LogP contribution in [0.25, 0.3) is 11.4 Å². The van der Waals surface area contributed by atoms with Crippen LogP contribution in [0.2, 0.25) is 0 Å². The van der Waals surface area contributed by atoms with Crippen molar-refractivity contribution in [3.05, 3.63) is 71.8 Å². The zero-order valence-corrected chi connectivity index (χ0v) is 18.4. The molecule has 2 atom stereocenters. The molecule has 0 N–H and O–H groups in total. The van der Waals surface area contributed by atoms with Crippen molar-refractivity contribution in [1.82, 2.24) is 24.3 Å². The number of fused-ring (bicyclic) bond motifs is 3. The summed E-state index contributed by atoms with van der Waals surface area (Å²) < 4.78 is 2.18. The Bertz CT molecular complexity index is 1140. The van der Waals surface area contributed by atoms with E-state index >= 15 is 0 Å². The first kappa shape index (κ1) is 20.4. The number of hydrogen-bond donors (Lipinski definition) is 0. The number of hydrogen-bond acceptors (Lipinski definition) is 4. The van der Waals surface area contributed by atoms with Gasteiger partial charge in [-0.2, -0.15) is 0 Å². The fourth-order valence-corrected chi connectivity index (χ4v) is 5.03. The van der Waals surface area contributed by atoms with Crippen LogP contribution in [-0.2, 0) is 24.2 Å². The molecule has 2 aliphatic rings. The molecule has 0 radical (unpaired) electrons. The summed E-state index contributed by atoms with van der Waals surface area (Å²) in [5, 5.41) is 0. The van der Waals surface area contributed by atoms with Gasteiger partial charge in [-0.15, -0.1) is 0 Å². The first-order valence-electron chi connectivity index (χ1n) is 11.1. The number of carbonyl (C=O) groups excluding carboxylic acids is 2. The van der Waals surface area contributed by atoms with Gasteiger partial charge in [0.25, 0.3) is 5.91 Å². The summed E-state index contributed by atoms with van der Waals surface area (Å²) in [6, 6.07) is 14.0. The smallest absolute Gasteiger partial charge is 0.273 e. The van der Waals surface area contributed by atoms with E-state index in [0.29, 0.717) is 25.1 Å². The second-order valence-corrected chi connectivity index (χ2v) is 8.84. The van der Waals surface area contributed by atoms with Gasteiger partial charge in [0.15, 0.2) is 0 Å². The number of nitrogens with zero attached hydrogens (tertiary/aromatic N) is 5. The van der Waals surface area contributed by atoms with E-state index in [-0.39, 0.29) is 23.9 Å². The van der Waals surface area contributed by atoms with Gasteiger partial charge in [0, 0.05) is 51.1 Å². The summed E-state index contributed by atoms with van der Waals surface area (Å²) in [4.78, 5) is 38.9. The van der Waals surface area contributed by atoms with Crippen LogP contribution in [-0.4, -0.2) is 62.3 Å². The standard InChI is InChI=1S/C25H27N5O2/c1-28(2)25(32)23-21-14-19-10-11-20(30(19)22(31)13-17-7-6-12-26-15-17)16-29(21)24(27-23)18-8-4-3-5-9-18/h3-9,12,15,19-20H,10-11,13-14,16H2,1-2H3. The molecule has 0 aliphatic carbocycles. The molecule has 2 unspecified atom stereocenters. The third-order valence-corrected chi connectivity index (χ3v) is 6.52. The van der Waals surface area contributed by atoms with E-state index in [2.05, 4.69) is 14.5 Å². The molecule has 0 spiro atoms. The maximum absolute atomic E-state index is 13.3. The molecule has 2 amide bonds. The molecule has 0 saturated carbocycles. The minimum absolute atomic E-state index is 0.0828. The first-order chi connectivity index (χ1) is 15.5. The summed E-state index contributed by atoms with van der Waals surface area (Å²) in [5.41, 5.74) is 3.35. The molecular formula is C25H27N5O2. The Hall–Kier alpha value is -3.48. The molecule has 2 aromatic heterocycles. The van der Waals surface area contributed by atoms with Crippen molar-refractivity contribution in [2.45, 2.75) is 44.3 Å². The van der Waals surface area contributed by atoms with Gasteiger partial charge in [-0.05, 0) is 24.5 Å². The quantitative estimate of drug-likeness (QED) is 0.639. The highest BCUT2D eigenvalue weighted by molar-refractivity contribution is 5.94. The van der Waals surface area contributed by atoms with Crippen molar-refractivity contribution in [1.29, 1.82) is 0 Å². The molecule has 7 heteroatoms. The zero-order chi connectivity index (χ0) is 22.2. The van der Waals surface area contributed by atoms with E-state index in [4.69, 9.17) is 4.98 Å². The van der Waals surface area contributed by atoms with E-state index in [1.165, 1.54) is 0 Å². The lowest BCUT2D eigenvalue weighted by Crippen LogP contribution is -2.43. The van der Waals surface area contributed by atoms with Crippen molar-refractivity contribution in [2.24, 2.45) is 0 Å². The number of imidazole rings is 1. The molecule has 7 nitrogen and oxygen atoms in total. The molecule has 2 aliphatic heterocycles. The number of benzene rings is 1. The number of rotatable bonds is 4. The highest BCUT2D eigenvalue weighted by atomic mass is 16.2. The van der Waals surface area contributed by atoms with Crippen LogP contribution in [0.4, 0.5) is 0 Å². The third kappa shape index (κ3) is 3.57. The Kier molecular flexibility index (Phi) is 5.25. The molecule has 3 aromatic rings. The number of carbonyl (C=O) groups is 2. The number of pyridine rings is 1. The van der Waals surface area contributed by atoms with Crippen LogP contribution in [0, 0.1) is 0 Å². The minimum atomic E-state index is -0.0954. The van der Waals surface area contributed by atoms with Crippen LogP contribution in [0.5, 0.6) is 0 Å². The van der Waals surface area contributed by atoms with Gasteiger partial charge in [-0.25, -0.2) is 4.98 Å². The van der Waals surface area contributed by atoms with Crippen LogP contribution in [0.1, 0.15) is 34.6 Å². The minimum Gasteiger partial charge on any atom is -0.343 e. The lowest BCUT2D eigenvalue weighted by atomic mass is 10.0. The summed E-state index contributed by atoms with van der Waals surface area (Å²) in [6.45, 7) is 0.655. The van der Waals surface area contributed by atoms with Crippen LogP contribution >= 0.6 is 0 Å². The Morgan fingerprint density at radius 1 is 1.06 bits per heavy atom. The van der Waals surface area contributed by atoms with Crippen molar-refractivity contribution in [3.8, 4) is 11.4 Å². The normalized spacial score (nSPS) is 19.4. The van der Waals surface area contributed by atoms with Crippen molar-refractivity contribution in [2.75, 3.05) is 14.1 Å². The van der Waals surface area contributed by atoms with Crippen molar-refractivity contribution < 1.29 is 9.59 Å². The topological polar surface area (TPSA) is 71.3 Å². The molecule has 5 rings (SSSR count). The van der Waals surface area contributed by atoms with E-state index in [1.54, 1.807) is 31.4 Å². The van der Waals surface area contributed by atoms with Crippen molar-refractivity contribution in [3.63, 3.8) is 0 Å². The highest BCUT2D eigenvalue weighted by Crippen LogP contribution is 2.36. The largest absolute Gasteiger partial charge is 0.343 e. The maximum atomic E-state index is 13.3. The fraction of sp³-hybridized carbons (Fsp3) is 0.360. The van der Waals surface area contributed by atoms with E-state index < -0.39 is 0 Å². The monoisotopic (exact) mass is 429 g/mol. The Morgan fingerprint density at radius 2 is 1.84 bits per heavy atom. The van der Waals surface area contributed by atoms with Gasteiger partial charge >= 0.3 is 0 Å². The third-order valence-electron chi connectivity index (χ3n) is 6.52. The van der Waals surface area contributed by atoms with Crippen LogP contribution in [0.3, 0.4) is 0 Å². The van der Waals surface area contributed by atoms with Gasteiger partial charge < -0.3 is 14.4 Å². The maximum Gasteiger partial charge on any atom is 0.273 e. The van der Waals surface area contributed by atoms with Gasteiger partial charge in [-0.3, -0.25) is 14.6 Å². The summed E-state index contributed by atoms with van der Waals surface area (Å²) in [6.07, 6.45) is 6.38. The first-order valence-corrected chi connectivity index (χ1v) is 11.1. The molecule has 4 heterocycles. The lowest BCUT2D eigenvalue weighted by Gasteiger charge is -2.28. The van der Waals surface area contributed by atoms with Crippen molar-refractivity contribution >= 4 is 11.8 Å². The molecule has 1 aromatic carbocycles. The molecule has 1 fully saturated rings. The zero-order valence-electron chi connectivity index (χ0n) is 18.4.